The summed E-state index contributed by atoms with van der Waals surface area (Å²) < 4.78 is 28.1. The summed E-state index contributed by atoms with van der Waals surface area (Å²) in [6, 6.07) is 18.3. The Hall–Kier alpha value is -3.89. The molecule has 0 aliphatic carbocycles. The molecule has 5 rings (SSSR count). The van der Waals surface area contributed by atoms with Crippen molar-refractivity contribution < 1.29 is 8.42 Å². The van der Waals surface area contributed by atoms with Crippen LogP contribution in [0.4, 0.5) is 17.5 Å². The van der Waals surface area contributed by atoms with Crippen LogP contribution >= 0.6 is 11.3 Å². The van der Waals surface area contributed by atoms with Crippen molar-refractivity contribution in [3.05, 3.63) is 83.8 Å². The third-order valence-corrected chi connectivity index (χ3v) is 7.32. The molecule has 34 heavy (non-hydrogen) atoms. The molecule has 0 aliphatic heterocycles. The third-order valence-electron chi connectivity index (χ3n) is 5.09. The van der Waals surface area contributed by atoms with E-state index in [1.165, 1.54) is 18.5 Å². The van der Waals surface area contributed by atoms with Crippen molar-refractivity contribution in [1.82, 2.24) is 19.9 Å². The molecular formula is C24H20N6O2S2. The van der Waals surface area contributed by atoms with Crippen LogP contribution in [0.5, 0.6) is 0 Å². The number of anilines is 3. The quantitative estimate of drug-likeness (QED) is 0.333. The number of fused-ring (bicyclic) bond motifs is 1. The van der Waals surface area contributed by atoms with Crippen molar-refractivity contribution in [3.63, 3.8) is 0 Å². The number of hydrogen-bond donors (Lipinski definition) is 2. The number of thiophene rings is 1. The zero-order valence-corrected chi connectivity index (χ0v) is 20.0. The molecule has 0 spiro atoms. The summed E-state index contributed by atoms with van der Waals surface area (Å²) in [6.45, 7) is 3.57. The Bertz CT molecular complexity index is 1560. The Labute approximate surface area is 200 Å². The summed E-state index contributed by atoms with van der Waals surface area (Å²) in [7, 11) is -3.83. The number of aromatic nitrogens is 4. The van der Waals surface area contributed by atoms with Gasteiger partial charge in [0.05, 0.1) is 10.3 Å². The first-order valence-electron chi connectivity index (χ1n) is 10.4. The van der Waals surface area contributed by atoms with Gasteiger partial charge in [-0.05, 0) is 49.7 Å². The van der Waals surface area contributed by atoms with E-state index in [9.17, 15) is 8.42 Å². The summed E-state index contributed by atoms with van der Waals surface area (Å²) >= 11 is 1.55. The van der Waals surface area contributed by atoms with Crippen molar-refractivity contribution in [2.45, 2.75) is 18.7 Å². The van der Waals surface area contributed by atoms with Gasteiger partial charge in [-0.25, -0.2) is 33.1 Å². The van der Waals surface area contributed by atoms with Crippen molar-refractivity contribution in [1.29, 1.82) is 0 Å². The molecular weight excluding hydrogens is 468 g/mol. The second-order valence-corrected chi connectivity index (χ2v) is 10.2. The van der Waals surface area contributed by atoms with Crippen LogP contribution in [-0.4, -0.2) is 28.4 Å². The van der Waals surface area contributed by atoms with Crippen LogP contribution in [0, 0.1) is 13.8 Å². The number of hydrogen-bond acceptors (Lipinski definition) is 8. The van der Waals surface area contributed by atoms with Gasteiger partial charge in [0.2, 0.25) is 5.95 Å². The fourth-order valence-electron chi connectivity index (χ4n) is 3.60. The lowest BCUT2D eigenvalue weighted by Crippen LogP contribution is -2.15. The average Bonchev–Trinajstić information content (AvgIpc) is 3.24. The molecule has 0 amide bonds. The molecule has 0 fully saturated rings. The van der Waals surface area contributed by atoms with E-state index in [2.05, 4.69) is 35.4 Å². The van der Waals surface area contributed by atoms with E-state index in [-0.39, 0.29) is 10.8 Å². The Morgan fingerprint density at radius 2 is 1.59 bits per heavy atom. The minimum absolute atomic E-state index is 0.0500. The fourth-order valence-corrected chi connectivity index (χ4v) is 5.46. The zero-order valence-electron chi connectivity index (χ0n) is 18.4. The van der Waals surface area contributed by atoms with Gasteiger partial charge in [0.15, 0.2) is 0 Å². The Balaban J connectivity index is 1.42. The Kier molecular flexibility index (Phi) is 5.68. The van der Waals surface area contributed by atoms with E-state index in [1.54, 1.807) is 43.4 Å². The van der Waals surface area contributed by atoms with Gasteiger partial charge in [-0.15, -0.1) is 11.3 Å². The lowest BCUT2D eigenvalue weighted by molar-refractivity contribution is 0.601. The van der Waals surface area contributed by atoms with E-state index < -0.39 is 10.0 Å². The molecule has 0 unspecified atom stereocenters. The fraction of sp³-hybridized carbons (Fsp3) is 0.0833. The highest BCUT2D eigenvalue weighted by molar-refractivity contribution is 7.92. The van der Waals surface area contributed by atoms with Crippen molar-refractivity contribution in [2.24, 2.45) is 0 Å². The summed E-state index contributed by atoms with van der Waals surface area (Å²) in [6.07, 6.45) is 1.52. The summed E-state index contributed by atoms with van der Waals surface area (Å²) in [4.78, 5) is 18.1. The molecule has 0 aliphatic rings. The van der Waals surface area contributed by atoms with E-state index in [0.717, 1.165) is 21.3 Å². The minimum Gasteiger partial charge on any atom is -0.340 e. The third kappa shape index (κ3) is 4.45. The molecule has 3 heterocycles. The molecule has 3 aromatic heterocycles. The van der Waals surface area contributed by atoms with E-state index in [4.69, 9.17) is 0 Å². The number of rotatable bonds is 6. The molecule has 0 bridgehead atoms. The van der Waals surface area contributed by atoms with Gasteiger partial charge in [0.25, 0.3) is 10.0 Å². The van der Waals surface area contributed by atoms with E-state index >= 15 is 0 Å². The molecule has 2 N–H and O–H groups in total. The molecule has 2 aromatic carbocycles. The average molecular weight is 489 g/mol. The lowest BCUT2D eigenvalue weighted by Gasteiger charge is -2.11. The van der Waals surface area contributed by atoms with Gasteiger partial charge in [-0.2, -0.15) is 0 Å². The van der Waals surface area contributed by atoms with Crippen molar-refractivity contribution in [2.75, 3.05) is 10.0 Å². The number of nitrogens with zero attached hydrogens (tertiary/aromatic N) is 4. The molecule has 8 nitrogen and oxygen atoms in total. The maximum atomic E-state index is 12.8. The highest BCUT2D eigenvalue weighted by Crippen LogP contribution is 2.37. The SMILES string of the molecule is Cc1cc(C)nc(NS(=O)(=O)c2ccc(Nc3ncnc4scc(-c5ccccc5)c34)cc2)n1. The number of aryl methyl sites for hydroxylation is 2. The molecule has 0 saturated heterocycles. The van der Waals surface area contributed by atoms with Crippen LogP contribution in [0.2, 0.25) is 0 Å². The van der Waals surface area contributed by atoms with Gasteiger partial charge in [0, 0.05) is 28.0 Å². The Morgan fingerprint density at radius 1 is 0.882 bits per heavy atom. The number of nitrogens with one attached hydrogen (secondary N) is 2. The maximum Gasteiger partial charge on any atom is 0.264 e. The number of benzene rings is 2. The van der Waals surface area contributed by atoms with Crippen molar-refractivity contribution >= 4 is 49.0 Å². The van der Waals surface area contributed by atoms with Crippen molar-refractivity contribution in [3.8, 4) is 11.1 Å². The summed E-state index contributed by atoms with van der Waals surface area (Å²) in [5.74, 6) is 0.705. The van der Waals surface area contributed by atoms with Crippen LogP contribution in [-0.2, 0) is 10.0 Å². The van der Waals surface area contributed by atoms with Crippen LogP contribution < -0.4 is 10.0 Å². The highest BCUT2D eigenvalue weighted by atomic mass is 32.2. The predicted octanol–water partition coefficient (Wildman–Crippen LogP) is 5.31. The molecule has 5 aromatic rings. The van der Waals surface area contributed by atoms with Crippen LogP contribution in [0.15, 0.2) is 77.3 Å². The van der Waals surface area contributed by atoms with E-state index in [0.29, 0.717) is 22.9 Å². The number of sulfonamides is 1. The molecule has 0 radical (unpaired) electrons. The van der Waals surface area contributed by atoms with Gasteiger partial charge in [-0.1, -0.05) is 30.3 Å². The van der Waals surface area contributed by atoms with Crippen LogP contribution in [0.1, 0.15) is 11.4 Å². The largest absolute Gasteiger partial charge is 0.340 e. The molecule has 0 saturated carbocycles. The monoisotopic (exact) mass is 488 g/mol. The highest BCUT2D eigenvalue weighted by Gasteiger charge is 2.17. The lowest BCUT2D eigenvalue weighted by atomic mass is 10.1. The summed E-state index contributed by atoms with van der Waals surface area (Å²) in [5.41, 5.74) is 4.19. The smallest absolute Gasteiger partial charge is 0.264 e. The van der Waals surface area contributed by atoms with Gasteiger partial charge in [-0.3, -0.25) is 0 Å². The maximum absolute atomic E-state index is 12.8. The van der Waals surface area contributed by atoms with Crippen LogP contribution in [0.25, 0.3) is 21.3 Å². The minimum atomic E-state index is -3.83. The first-order chi connectivity index (χ1) is 16.4. The van der Waals surface area contributed by atoms with Gasteiger partial charge < -0.3 is 5.32 Å². The topological polar surface area (TPSA) is 110 Å². The molecule has 0 atom stereocenters. The normalized spacial score (nSPS) is 11.5. The second kappa shape index (κ2) is 8.81. The second-order valence-electron chi connectivity index (χ2n) is 7.65. The first-order valence-corrected chi connectivity index (χ1v) is 12.8. The van der Waals surface area contributed by atoms with Gasteiger partial charge >= 0.3 is 0 Å². The summed E-state index contributed by atoms with van der Waals surface area (Å²) in [5, 5.41) is 6.29. The van der Waals surface area contributed by atoms with Gasteiger partial charge in [0.1, 0.15) is 17.0 Å². The van der Waals surface area contributed by atoms with E-state index in [1.807, 2.05) is 30.3 Å². The standard InChI is InChI=1S/C24H20N6O2S2/c1-15-12-16(2)28-24(27-15)30-34(31,32)19-10-8-18(9-11-19)29-22-21-20(17-6-4-3-5-7-17)13-33-23(21)26-14-25-22/h3-14H,1-2H3,(H,25,26,29)(H,27,28,30). The van der Waals surface area contributed by atoms with Crippen LogP contribution in [0.3, 0.4) is 0 Å². The predicted molar refractivity (Wildman–Crippen MR) is 135 cm³/mol. The molecule has 10 heteroatoms. The molecule has 170 valence electrons. The zero-order chi connectivity index (χ0) is 23.7. The first kappa shape index (κ1) is 21.9. The Morgan fingerprint density at radius 3 is 2.29 bits per heavy atom.